The molecule has 1 aliphatic rings. The van der Waals surface area contributed by atoms with Crippen molar-refractivity contribution in [1.82, 2.24) is 9.47 Å². The molecule has 0 radical (unpaired) electrons. The predicted molar refractivity (Wildman–Crippen MR) is 93.0 cm³/mol. The molecule has 2 N–H and O–H groups in total. The summed E-state index contributed by atoms with van der Waals surface area (Å²) in [4.78, 5) is 46.7. The zero-order valence-electron chi connectivity index (χ0n) is 13.2. The van der Waals surface area contributed by atoms with Crippen molar-refractivity contribution in [3.05, 3.63) is 58.8 Å². The minimum Gasteiger partial charge on any atom is -0.480 e. The van der Waals surface area contributed by atoms with Gasteiger partial charge in [-0.2, -0.15) is 0 Å². The Kier molecular flexibility index (Phi) is 4.63. The Morgan fingerprint density at radius 3 is 2.58 bits per heavy atom. The molecule has 0 atom stereocenters. The summed E-state index contributed by atoms with van der Waals surface area (Å²) in [6.45, 7) is -0.691. The van der Waals surface area contributed by atoms with Gasteiger partial charge in [0.25, 0.3) is 11.1 Å². The van der Waals surface area contributed by atoms with Crippen molar-refractivity contribution >= 4 is 40.9 Å². The van der Waals surface area contributed by atoms with Crippen LogP contribution in [0.2, 0.25) is 0 Å². The van der Waals surface area contributed by atoms with Crippen molar-refractivity contribution in [2.75, 3.05) is 6.54 Å². The van der Waals surface area contributed by atoms with E-state index in [-0.39, 0.29) is 10.5 Å². The largest absolute Gasteiger partial charge is 0.480 e. The number of aliphatic carboxylic acids is 1. The average molecular weight is 372 g/mol. The summed E-state index contributed by atoms with van der Waals surface area (Å²) in [5, 5.41) is 17.3. The molecule has 26 heavy (non-hydrogen) atoms. The summed E-state index contributed by atoms with van der Waals surface area (Å²) in [5.41, 5.74) is 1.24. The molecule has 1 saturated heterocycles. The number of carbonyl (C=O) groups excluding carboxylic acids is 2. The second-order valence-electron chi connectivity index (χ2n) is 5.32. The molecule has 1 aromatic heterocycles. The van der Waals surface area contributed by atoms with Crippen LogP contribution in [0.15, 0.2) is 47.5 Å². The van der Waals surface area contributed by atoms with Gasteiger partial charge in [-0.05, 0) is 48.2 Å². The van der Waals surface area contributed by atoms with E-state index in [2.05, 4.69) is 0 Å². The van der Waals surface area contributed by atoms with Gasteiger partial charge in [0.2, 0.25) is 0 Å². The van der Waals surface area contributed by atoms with Crippen LogP contribution in [0.1, 0.15) is 16.1 Å². The molecule has 0 bridgehead atoms. The van der Waals surface area contributed by atoms with Crippen LogP contribution in [0.25, 0.3) is 11.8 Å². The van der Waals surface area contributed by atoms with Crippen LogP contribution in [-0.2, 0) is 9.59 Å². The smallest absolute Gasteiger partial charge is 0.335 e. The summed E-state index contributed by atoms with van der Waals surface area (Å²) in [7, 11) is 0. The van der Waals surface area contributed by atoms with Gasteiger partial charge in [-0.1, -0.05) is 6.07 Å². The molecule has 0 spiro atoms. The molecule has 8 nitrogen and oxygen atoms in total. The van der Waals surface area contributed by atoms with E-state index in [4.69, 9.17) is 10.2 Å². The maximum atomic E-state index is 12.2. The van der Waals surface area contributed by atoms with Crippen molar-refractivity contribution in [2.45, 2.75) is 0 Å². The van der Waals surface area contributed by atoms with Gasteiger partial charge in [0, 0.05) is 17.6 Å². The number of hydrogen-bond donors (Lipinski definition) is 2. The van der Waals surface area contributed by atoms with Crippen LogP contribution in [0, 0.1) is 0 Å². The first-order valence-electron chi connectivity index (χ1n) is 7.35. The molecular formula is C17H12N2O6S. The minimum atomic E-state index is -1.28. The highest BCUT2D eigenvalue weighted by Gasteiger charge is 2.36. The Hall–Kier alpha value is -3.33. The molecule has 0 unspecified atom stereocenters. The van der Waals surface area contributed by atoms with E-state index in [1.165, 1.54) is 18.2 Å². The number of aromatic nitrogens is 1. The van der Waals surface area contributed by atoms with Gasteiger partial charge in [-0.15, -0.1) is 0 Å². The number of aromatic carboxylic acids is 1. The minimum absolute atomic E-state index is 0.102. The van der Waals surface area contributed by atoms with Gasteiger partial charge in [0.15, 0.2) is 0 Å². The molecular weight excluding hydrogens is 360 g/mol. The lowest BCUT2D eigenvalue weighted by Crippen LogP contribution is -2.33. The SMILES string of the molecule is O=C(O)CN1C(=O)S/C(=C/c2cccn2-c2cccc(C(=O)O)c2)C1=O. The lowest BCUT2D eigenvalue weighted by molar-refractivity contribution is -0.140. The Morgan fingerprint density at radius 1 is 1.12 bits per heavy atom. The van der Waals surface area contributed by atoms with Gasteiger partial charge < -0.3 is 14.8 Å². The molecule has 1 aliphatic heterocycles. The van der Waals surface area contributed by atoms with Crippen molar-refractivity contribution in [3.63, 3.8) is 0 Å². The summed E-state index contributed by atoms with van der Waals surface area (Å²) in [6.07, 6.45) is 3.16. The summed E-state index contributed by atoms with van der Waals surface area (Å²) in [5.74, 6) is -3.01. The number of amides is 2. The normalized spacial score (nSPS) is 15.7. The topological polar surface area (TPSA) is 117 Å². The fourth-order valence-corrected chi connectivity index (χ4v) is 3.26. The van der Waals surface area contributed by atoms with Crippen LogP contribution in [0.3, 0.4) is 0 Å². The Morgan fingerprint density at radius 2 is 1.88 bits per heavy atom. The van der Waals surface area contributed by atoms with Crippen LogP contribution < -0.4 is 0 Å². The monoisotopic (exact) mass is 372 g/mol. The van der Waals surface area contributed by atoms with Crippen molar-refractivity contribution in [2.24, 2.45) is 0 Å². The number of carboxylic acid groups (broad SMARTS) is 2. The molecule has 1 aromatic carbocycles. The number of benzene rings is 1. The second-order valence-corrected chi connectivity index (χ2v) is 6.31. The summed E-state index contributed by atoms with van der Waals surface area (Å²) in [6, 6.07) is 9.66. The Balaban J connectivity index is 1.95. The van der Waals surface area contributed by atoms with Crippen LogP contribution >= 0.6 is 11.8 Å². The summed E-state index contributed by atoms with van der Waals surface area (Å²) < 4.78 is 1.66. The van der Waals surface area contributed by atoms with E-state index >= 15 is 0 Å². The first-order valence-corrected chi connectivity index (χ1v) is 8.16. The zero-order chi connectivity index (χ0) is 18.8. The molecule has 0 saturated carbocycles. The third-order valence-corrected chi connectivity index (χ3v) is 4.50. The quantitative estimate of drug-likeness (QED) is 0.773. The first-order chi connectivity index (χ1) is 12.4. The molecule has 3 rings (SSSR count). The average Bonchev–Trinajstić information content (AvgIpc) is 3.15. The number of imide groups is 1. The third-order valence-electron chi connectivity index (χ3n) is 3.60. The standard InChI is InChI=1S/C17H12N2O6S/c20-14(21)9-19-15(22)13(26-17(19)25)8-12-5-2-6-18(12)11-4-1-3-10(7-11)16(23)24/h1-8H,9H2,(H,20,21)(H,23,24)/b13-8+. The molecule has 0 aliphatic carbocycles. The van der Waals surface area contributed by atoms with E-state index in [1.807, 2.05) is 0 Å². The summed E-state index contributed by atoms with van der Waals surface area (Å²) >= 11 is 0.662. The fraction of sp³-hybridized carbons (Fsp3) is 0.0588. The number of carboxylic acids is 2. The van der Waals surface area contributed by atoms with Gasteiger partial charge in [-0.3, -0.25) is 19.3 Å². The molecule has 1 fully saturated rings. The third kappa shape index (κ3) is 3.38. The van der Waals surface area contributed by atoms with Crippen LogP contribution in [0.4, 0.5) is 4.79 Å². The van der Waals surface area contributed by atoms with E-state index in [0.717, 1.165) is 0 Å². The highest BCUT2D eigenvalue weighted by Crippen LogP contribution is 2.32. The van der Waals surface area contributed by atoms with E-state index in [1.54, 1.807) is 35.0 Å². The Labute approximate surface area is 151 Å². The number of hydrogen-bond acceptors (Lipinski definition) is 5. The lowest BCUT2D eigenvalue weighted by Gasteiger charge is -2.09. The molecule has 2 aromatic rings. The maximum Gasteiger partial charge on any atom is 0.335 e. The van der Waals surface area contributed by atoms with Gasteiger partial charge in [-0.25, -0.2) is 4.79 Å². The van der Waals surface area contributed by atoms with Crippen molar-refractivity contribution < 1.29 is 29.4 Å². The molecule has 9 heteroatoms. The van der Waals surface area contributed by atoms with Crippen molar-refractivity contribution in [1.29, 1.82) is 0 Å². The number of nitrogens with zero attached hydrogens (tertiary/aromatic N) is 2. The lowest BCUT2D eigenvalue weighted by atomic mass is 10.2. The van der Waals surface area contributed by atoms with Gasteiger partial charge >= 0.3 is 11.9 Å². The first kappa shape index (κ1) is 17.5. The van der Waals surface area contributed by atoms with Gasteiger partial charge in [0.1, 0.15) is 6.54 Å². The Bertz CT molecular complexity index is 962. The van der Waals surface area contributed by atoms with Gasteiger partial charge in [0.05, 0.1) is 10.5 Å². The molecule has 132 valence electrons. The highest BCUT2D eigenvalue weighted by molar-refractivity contribution is 8.18. The van der Waals surface area contributed by atoms with E-state index < -0.39 is 29.6 Å². The van der Waals surface area contributed by atoms with E-state index in [9.17, 15) is 19.2 Å². The number of rotatable bonds is 5. The molecule has 2 heterocycles. The zero-order valence-corrected chi connectivity index (χ0v) is 14.0. The highest BCUT2D eigenvalue weighted by atomic mass is 32.2. The molecule has 2 amide bonds. The van der Waals surface area contributed by atoms with Crippen LogP contribution in [0.5, 0.6) is 0 Å². The second kappa shape index (κ2) is 6.89. The predicted octanol–water partition coefficient (Wildman–Crippen LogP) is 2.30. The van der Waals surface area contributed by atoms with E-state index in [0.29, 0.717) is 28.0 Å². The number of thioether (sulfide) groups is 1. The van der Waals surface area contributed by atoms with Crippen molar-refractivity contribution in [3.8, 4) is 5.69 Å². The maximum absolute atomic E-state index is 12.2. The fourth-order valence-electron chi connectivity index (χ4n) is 2.44. The van der Waals surface area contributed by atoms with Crippen LogP contribution in [-0.4, -0.2) is 49.3 Å². The number of carbonyl (C=O) groups is 4.